The van der Waals surface area contributed by atoms with E-state index in [0.717, 1.165) is 13.1 Å². The van der Waals surface area contributed by atoms with Crippen LogP contribution in [0.3, 0.4) is 0 Å². The average molecular weight is 312 g/mol. The zero-order valence-electron chi connectivity index (χ0n) is 11.6. The van der Waals surface area contributed by atoms with Crippen LogP contribution in [-0.4, -0.2) is 47.3 Å². The molecule has 2 aromatic rings. The van der Waals surface area contributed by atoms with Gasteiger partial charge >= 0.3 is 5.69 Å². The van der Waals surface area contributed by atoms with E-state index in [1.165, 1.54) is 4.57 Å². The monoisotopic (exact) mass is 311 g/mol. The number of H-pyrrole nitrogens is 1. The van der Waals surface area contributed by atoms with Crippen molar-refractivity contribution in [1.29, 1.82) is 0 Å². The van der Waals surface area contributed by atoms with E-state index in [2.05, 4.69) is 9.88 Å². The number of aromatic nitrogens is 2. The Morgan fingerprint density at radius 3 is 2.57 bits per heavy atom. The Morgan fingerprint density at radius 2 is 1.81 bits per heavy atom. The quantitative estimate of drug-likeness (QED) is 0.893. The second-order valence-corrected chi connectivity index (χ2v) is 4.89. The van der Waals surface area contributed by atoms with Crippen molar-refractivity contribution in [2.75, 3.05) is 32.8 Å². The fourth-order valence-electron chi connectivity index (χ4n) is 2.47. The molecular weight excluding hydrogens is 294 g/mol. The van der Waals surface area contributed by atoms with Crippen molar-refractivity contribution in [3.63, 3.8) is 0 Å². The molecule has 1 N–H and O–H groups in total. The van der Waals surface area contributed by atoms with E-state index in [0.29, 0.717) is 37.2 Å². The maximum atomic E-state index is 12.3. The molecule has 3 rings (SSSR count). The van der Waals surface area contributed by atoms with Gasteiger partial charge in [0, 0.05) is 26.2 Å². The van der Waals surface area contributed by atoms with Crippen LogP contribution in [0, 0.1) is 0 Å². The van der Waals surface area contributed by atoms with Crippen LogP contribution in [0.4, 0.5) is 0 Å². The molecule has 1 aliphatic rings. The Bertz CT molecular complexity index is 719. The van der Waals surface area contributed by atoms with Crippen LogP contribution < -0.4 is 11.2 Å². The van der Waals surface area contributed by atoms with Crippen LogP contribution in [-0.2, 0) is 11.3 Å². The molecule has 0 radical (unpaired) electrons. The number of nitrogens with zero attached hydrogens (tertiary/aromatic N) is 2. The van der Waals surface area contributed by atoms with Gasteiger partial charge in [0.2, 0.25) is 0 Å². The molecule has 1 aromatic heterocycles. The van der Waals surface area contributed by atoms with Crippen LogP contribution >= 0.6 is 12.4 Å². The summed E-state index contributed by atoms with van der Waals surface area (Å²) in [5.41, 5.74) is 0.0182. The fourth-order valence-corrected chi connectivity index (χ4v) is 2.47. The highest BCUT2D eigenvalue weighted by Gasteiger charge is 2.12. The van der Waals surface area contributed by atoms with E-state index in [-0.39, 0.29) is 23.7 Å². The molecule has 6 nitrogen and oxygen atoms in total. The van der Waals surface area contributed by atoms with E-state index in [1.807, 2.05) is 0 Å². The summed E-state index contributed by atoms with van der Waals surface area (Å²) in [5.74, 6) is 0. The molecule has 2 heterocycles. The number of nitrogens with one attached hydrogen (secondary N) is 1. The first-order valence-electron chi connectivity index (χ1n) is 6.78. The molecule has 0 spiro atoms. The van der Waals surface area contributed by atoms with E-state index >= 15 is 0 Å². The number of ether oxygens (including phenoxy) is 1. The Labute approximate surface area is 127 Å². The molecule has 0 saturated carbocycles. The zero-order chi connectivity index (χ0) is 13.9. The van der Waals surface area contributed by atoms with Gasteiger partial charge in [-0.1, -0.05) is 12.1 Å². The smallest absolute Gasteiger partial charge is 0.328 e. The third-order valence-electron chi connectivity index (χ3n) is 3.63. The molecule has 1 aliphatic heterocycles. The van der Waals surface area contributed by atoms with Gasteiger partial charge < -0.3 is 9.72 Å². The van der Waals surface area contributed by atoms with E-state index < -0.39 is 0 Å². The number of hydrogen-bond acceptors (Lipinski definition) is 4. The standard InChI is InChI=1S/C14H17N3O3.ClH/c18-13-11-3-1-2-4-12(11)15-14(19)17(13)6-5-16-7-9-20-10-8-16;/h1-4H,5-10H2,(H,15,19);1H. The van der Waals surface area contributed by atoms with Gasteiger partial charge in [0.25, 0.3) is 5.56 Å². The average Bonchev–Trinajstić information content (AvgIpc) is 2.48. The largest absolute Gasteiger partial charge is 0.379 e. The van der Waals surface area contributed by atoms with Gasteiger partial charge in [-0.25, -0.2) is 4.79 Å². The highest BCUT2D eigenvalue weighted by atomic mass is 35.5. The first kappa shape index (κ1) is 15.8. The number of halogens is 1. The minimum Gasteiger partial charge on any atom is -0.379 e. The maximum Gasteiger partial charge on any atom is 0.328 e. The third-order valence-corrected chi connectivity index (χ3v) is 3.63. The molecule has 21 heavy (non-hydrogen) atoms. The molecule has 1 fully saturated rings. The van der Waals surface area contributed by atoms with E-state index in [9.17, 15) is 9.59 Å². The normalized spacial score (nSPS) is 15.8. The lowest BCUT2D eigenvalue weighted by Crippen LogP contribution is -2.42. The summed E-state index contributed by atoms with van der Waals surface area (Å²) in [5, 5.41) is 0.550. The van der Waals surface area contributed by atoms with Gasteiger partial charge in [0.05, 0.1) is 24.1 Å². The Kier molecular flexibility index (Phi) is 5.17. The van der Waals surface area contributed by atoms with Crippen molar-refractivity contribution in [2.24, 2.45) is 0 Å². The summed E-state index contributed by atoms with van der Waals surface area (Å²) in [6.45, 7) is 4.20. The van der Waals surface area contributed by atoms with Crippen molar-refractivity contribution < 1.29 is 4.74 Å². The third kappa shape index (κ3) is 3.34. The number of aromatic amines is 1. The lowest BCUT2D eigenvalue weighted by Gasteiger charge is -2.26. The highest BCUT2D eigenvalue weighted by Crippen LogP contribution is 2.03. The predicted molar refractivity (Wildman–Crippen MR) is 83.3 cm³/mol. The van der Waals surface area contributed by atoms with Crippen molar-refractivity contribution in [2.45, 2.75) is 6.54 Å². The van der Waals surface area contributed by atoms with Crippen molar-refractivity contribution in [3.05, 3.63) is 45.1 Å². The topological polar surface area (TPSA) is 67.3 Å². The molecule has 0 amide bonds. The van der Waals surface area contributed by atoms with Crippen LogP contribution in [0.15, 0.2) is 33.9 Å². The lowest BCUT2D eigenvalue weighted by atomic mass is 10.2. The molecule has 0 unspecified atom stereocenters. The predicted octanol–water partition coefficient (Wildman–Crippen LogP) is 0.444. The number of morpholine rings is 1. The van der Waals surface area contributed by atoms with Gasteiger partial charge in [-0.2, -0.15) is 0 Å². The summed E-state index contributed by atoms with van der Waals surface area (Å²) in [6, 6.07) is 7.08. The SMILES string of the molecule is Cl.O=c1[nH]c2ccccc2c(=O)n1CCN1CCOCC1. The first-order chi connectivity index (χ1) is 9.75. The van der Waals surface area contributed by atoms with Gasteiger partial charge in [-0.3, -0.25) is 14.3 Å². The molecular formula is C14H18ClN3O3. The van der Waals surface area contributed by atoms with E-state index in [1.54, 1.807) is 24.3 Å². The molecule has 1 aromatic carbocycles. The van der Waals surface area contributed by atoms with Crippen LogP contribution in [0.2, 0.25) is 0 Å². The number of hydrogen-bond donors (Lipinski definition) is 1. The Hall–Kier alpha value is -1.63. The highest BCUT2D eigenvalue weighted by molar-refractivity contribution is 5.85. The van der Waals surface area contributed by atoms with Crippen molar-refractivity contribution in [1.82, 2.24) is 14.5 Å². The number of benzene rings is 1. The van der Waals surface area contributed by atoms with E-state index in [4.69, 9.17) is 4.74 Å². The van der Waals surface area contributed by atoms with Crippen molar-refractivity contribution in [3.8, 4) is 0 Å². The number of rotatable bonds is 3. The maximum absolute atomic E-state index is 12.3. The number of para-hydroxylation sites is 1. The Morgan fingerprint density at radius 1 is 1.10 bits per heavy atom. The molecule has 0 bridgehead atoms. The van der Waals surface area contributed by atoms with Gasteiger partial charge in [-0.05, 0) is 12.1 Å². The minimum atomic E-state index is -0.345. The zero-order valence-corrected chi connectivity index (χ0v) is 12.4. The lowest BCUT2D eigenvalue weighted by molar-refractivity contribution is 0.0361. The van der Waals surface area contributed by atoms with Crippen molar-refractivity contribution >= 4 is 23.3 Å². The second kappa shape index (κ2) is 6.89. The first-order valence-corrected chi connectivity index (χ1v) is 6.78. The van der Waals surface area contributed by atoms with Crippen LogP contribution in [0.1, 0.15) is 0 Å². The molecule has 1 saturated heterocycles. The molecule has 0 aliphatic carbocycles. The molecule has 114 valence electrons. The summed E-state index contributed by atoms with van der Waals surface area (Å²) in [4.78, 5) is 29.3. The van der Waals surface area contributed by atoms with Crippen LogP contribution in [0.25, 0.3) is 10.9 Å². The van der Waals surface area contributed by atoms with Gasteiger partial charge in [0.15, 0.2) is 0 Å². The minimum absolute atomic E-state index is 0. The fraction of sp³-hybridized carbons (Fsp3) is 0.429. The summed E-state index contributed by atoms with van der Waals surface area (Å²) in [7, 11) is 0. The second-order valence-electron chi connectivity index (χ2n) is 4.89. The molecule has 7 heteroatoms. The Balaban J connectivity index is 0.00000161. The summed E-state index contributed by atoms with van der Waals surface area (Å²) < 4.78 is 6.55. The summed E-state index contributed by atoms with van der Waals surface area (Å²) in [6.07, 6.45) is 0. The van der Waals surface area contributed by atoms with Gasteiger partial charge in [0.1, 0.15) is 0 Å². The van der Waals surface area contributed by atoms with Gasteiger partial charge in [-0.15, -0.1) is 12.4 Å². The summed E-state index contributed by atoms with van der Waals surface area (Å²) >= 11 is 0. The van der Waals surface area contributed by atoms with Crippen LogP contribution in [0.5, 0.6) is 0 Å². The number of fused-ring (bicyclic) bond motifs is 1. The molecule has 0 atom stereocenters.